The van der Waals surface area contributed by atoms with Gasteiger partial charge < -0.3 is 59.4 Å². The molecule has 15 rings (SSSR count). The van der Waals surface area contributed by atoms with Crippen molar-refractivity contribution in [3.63, 3.8) is 0 Å². The number of carbonyl (C=O) groups is 2. The van der Waals surface area contributed by atoms with Gasteiger partial charge in [-0.3, -0.25) is 0 Å². The largest absolute Gasteiger partial charge is 0.507 e. The molecule has 0 fully saturated rings. The van der Waals surface area contributed by atoms with Gasteiger partial charge in [0.2, 0.25) is 0 Å². The lowest BCUT2D eigenvalue weighted by atomic mass is 9.67. The number of carboxylic acids is 2. The molecule has 14 heteroatoms. The zero-order valence-corrected chi connectivity index (χ0v) is 72.5. The van der Waals surface area contributed by atoms with Gasteiger partial charge in [-0.15, -0.1) is 0 Å². The van der Waals surface area contributed by atoms with Gasteiger partial charge in [-0.2, -0.15) is 0 Å². The van der Waals surface area contributed by atoms with Crippen molar-refractivity contribution in [1.29, 1.82) is 0 Å². The summed E-state index contributed by atoms with van der Waals surface area (Å²) >= 11 is 0. The highest BCUT2D eigenvalue weighted by Gasteiger charge is 2.52. The fourth-order valence-corrected chi connectivity index (χ4v) is 21.0. The first kappa shape index (κ1) is 86.6. The van der Waals surface area contributed by atoms with E-state index in [1.54, 1.807) is 6.07 Å². The summed E-state index contributed by atoms with van der Waals surface area (Å²) in [6, 6.07) is 15.6. The second kappa shape index (κ2) is 34.9. The number of hydrogen-bond acceptors (Lipinski definition) is 12. The average molecular weight is 1560 g/mol. The number of unbranched alkanes of at least 4 members (excludes halogenated alkanes) is 5. The molecule has 10 atom stereocenters. The van der Waals surface area contributed by atoms with Gasteiger partial charge in [0.1, 0.15) is 96.6 Å². The fourth-order valence-electron chi connectivity index (χ4n) is 21.0. The molecule has 7 N–H and O–H groups in total. The monoisotopic (exact) mass is 1560 g/mol. The van der Waals surface area contributed by atoms with Crippen LogP contribution in [-0.2, 0) is 25.7 Å². The number of benzene rings is 5. The van der Waals surface area contributed by atoms with E-state index in [9.17, 15) is 45.3 Å². The van der Waals surface area contributed by atoms with Gasteiger partial charge in [0, 0.05) is 87.0 Å². The SMILES string of the molecule is CC1=C[C@H]2c3c(O)cc(C)cc3OC(C)(C)[C@@H]2CC1.CCCCCc1cc(O)c2c(c1C(=O)O)OC(C)(C)[C@@H]1CCC(C)=C[C@@H]21.CCCCCc1cc2c(c(O)c1C(=O)O)[C@@H]1C=C(C)CC[C@H]1C(C)(C)O2.CCCCc1cc(O)c2c(c1)OC(C)(C)[C@@H]1CCC(C)=C[C@@H]21.CCCc1cc(O)c2c(c1)OC(C)(C)[C@@H]1CCC(C)=C[C@@H]21. The molecule has 620 valence electrons. The van der Waals surface area contributed by atoms with E-state index >= 15 is 0 Å². The highest BCUT2D eigenvalue weighted by molar-refractivity contribution is 5.95. The third-order valence-corrected chi connectivity index (χ3v) is 27.0. The number of aryl methyl sites for hydroxylation is 5. The van der Waals surface area contributed by atoms with E-state index < -0.39 is 17.5 Å². The molecule has 0 saturated heterocycles. The molecule has 0 spiro atoms. The molecule has 0 aromatic heterocycles. The molecule has 0 radical (unpaired) electrons. The molecule has 0 saturated carbocycles. The van der Waals surface area contributed by atoms with Crippen LogP contribution in [0.3, 0.4) is 0 Å². The summed E-state index contributed by atoms with van der Waals surface area (Å²) in [4.78, 5) is 24.0. The van der Waals surface area contributed by atoms with Crippen LogP contribution in [0.5, 0.6) is 57.5 Å². The highest BCUT2D eigenvalue weighted by atomic mass is 16.5. The number of phenolic OH excluding ortho intramolecular Hbond substituents is 4. The summed E-state index contributed by atoms with van der Waals surface area (Å²) in [6.07, 6.45) is 34.9. The first-order valence-corrected chi connectivity index (χ1v) is 43.3. The van der Waals surface area contributed by atoms with Crippen molar-refractivity contribution >= 4 is 11.9 Å². The van der Waals surface area contributed by atoms with E-state index in [4.69, 9.17) is 23.7 Å². The Kier molecular flexibility index (Phi) is 26.5. The predicted octanol–water partition coefficient (Wildman–Crippen LogP) is 25.5. The van der Waals surface area contributed by atoms with Gasteiger partial charge in [0.05, 0.1) is 0 Å². The van der Waals surface area contributed by atoms with E-state index in [1.165, 1.54) is 39.0 Å². The summed E-state index contributed by atoms with van der Waals surface area (Å²) < 4.78 is 31.4. The zero-order valence-electron chi connectivity index (χ0n) is 72.5. The first-order chi connectivity index (χ1) is 53.7. The smallest absolute Gasteiger partial charge is 0.339 e. The Labute approximate surface area is 681 Å². The Hall–Kier alpha value is -8.26. The Balaban J connectivity index is 0.000000141. The summed E-state index contributed by atoms with van der Waals surface area (Å²) in [5.74, 6) is 5.56. The second-order valence-electron chi connectivity index (χ2n) is 37.9. The summed E-state index contributed by atoms with van der Waals surface area (Å²) in [5, 5.41) is 72.9. The van der Waals surface area contributed by atoms with Crippen LogP contribution < -0.4 is 23.7 Å². The van der Waals surface area contributed by atoms with Crippen LogP contribution in [0.1, 0.15) is 359 Å². The van der Waals surface area contributed by atoms with Gasteiger partial charge >= 0.3 is 11.9 Å². The van der Waals surface area contributed by atoms with E-state index in [0.717, 1.165) is 174 Å². The van der Waals surface area contributed by atoms with Gasteiger partial charge in [-0.1, -0.05) is 124 Å². The van der Waals surface area contributed by atoms with Crippen molar-refractivity contribution in [1.82, 2.24) is 0 Å². The number of hydrogen-bond donors (Lipinski definition) is 7. The van der Waals surface area contributed by atoms with Crippen LogP contribution in [-0.4, -0.2) is 75.7 Å². The summed E-state index contributed by atoms with van der Waals surface area (Å²) in [5.41, 5.74) is 14.9. The molecule has 0 unspecified atom stereocenters. The van der Waals surface area contributed by atoms with Crippen LogP contribution in [0.2, 0.25) is 0 Å². The molecule has 5 aromatic rings. The summed E-state index contributed by atoms with van der Waals surface area (Å²) in [7, 11) is 0. The maximum atomic E-state index is 12.1. The Bertz CT molecular complexity index is 4510. The quantitative estimate of drug-likeness (QED) is 0.0383. The van der Waals surface area contributed by atoms with Gasteiger partial charge in [0.15, 0.2) is 0 Å². The van der Waals surface area contributed by atoms with Crippen molar-refractivity contribution in [2.24, 2.45) is 29.6 Å². The molecular weight excluding hydrogens is 1430 g/mol. The number of fused-ring (bicyclic) bond motifs is 15. The molecule has 14 nitrogen and oxygen atoms in total. The second-order valence-corrected chi connectivity index (χ2v) is 37.9. The highest BCUT2D eigenvalue weighted by Crippen LogP contribution is 2.60. The van der Waals surface area contributed by atoms with Gasteiger partial charge in [-0.25, -0.2) is 9.59 Å². The lowest BCUT2D eigenvalue weighted by Gasteiger charge is -2.47. The minimum atomic E-state index is -1.06. The van der Waals surface area contributed by atoms with Crippen LogP contribution in [0, 0.1) is 36.5 Å². The fraction of sp³-hybridized carbons (Fsp3) is 0.580. The lowest BCUT2D eigenvalue weighted by Crippen LogP contribution is -2.45. The predicted molar refractivity (Wildman–Crippen MR) is 458 cm³/mol. The summed E-state index contributed by atoms with van der Waals surface area (Å²) in [6.45, 7) is 42.7. The van der Waals surface area contributed by atoms with Gasteiger partial charge in [-0.05, 0) is 296 Å². The minimum absolute atomic E-state index is 0.00490. The third kappa shape index (κ3) is 18.3. The van der Waals surface area contributed by atoms with Crippen LogP contribution in [0.25, 0.3) is 0 Å². The molecule has 5 aromatic carbocycles. The number of allylic oxidation sites excluding steroid dienone is 10. The minimum Gasteiger partial charge on any atom is -0.507 e. The standard InChI is InChI=1S/2C22H30O4.C20H28O2.C19H26O2.C17H22O2/c1-5-6-7-8-14-12-17-19(20(23)18(14)21(24)25)15-11-13(2)9-10-16(15)22(3,4)26-17;1-5-6-7-8-14-12-17(23)19-15-11-13(2)9-10-16(15)22(3,4)26-20(19)18(14)21(24)25;1-5-6-7-14-11-17(21)19-15-10-13(2)8-9-16(15)20(3,4)22-18(19)12-14;1-5-6-13-10-16(20)18-14-9-12(2)7-8-15(14)19(3,4)21-17(18)11-13;1-10-5-6-13-12(7-10)16-14(18)8-11(2)9-15(16)19-17(13,3)4/h2*11-12,15-16,23H,5-10H2,1-4H3,(H,24,25);10-12,15-16,21H,5-9H2,1-4H3;9-11,14-15,20H,5-8H2,1-4H3;7-9,12-13,18H,5-6H2,1-4H3/t3*15-,16-;14-,15-;12-,13-/m11111/s1. The Morgan fingerprint density at radius 2 is 0.658 bits per heavy atom. The van der Waals surface area contributed by atoms with E-state index in [-0.39, 0.29) is 86.5 Å². The van der Waals surface area contributed by atoms with Gasteiger partial charge in [0.25, 0.3) is 0 Å². The van der Waals surface area contributed by atoms with Crippen molar-refractivity contribution < 1.29 is 69.0 Å². The molecular formula is C100H136O14. The number of aromatic hydroxyl groups is 5. The Morgan fingerprint density at radius 1 is 0.342 bits per heavy atom. The molecule has 0 bridgehead atoms. The van der Waals surface area contributed by atoms with E-state index in [1.807, 2.05) is 51.1 Å². The van der Waals surface area contributed by atoms with Crippen LogP contribution in [0.15, 0.2) is 107 Å². The van der Waals surface area contributed by atoms with Crippen molar-refractivity contribution in [2.75, 3.05) is 0 Å². The lowest BCUT2D eigenvalue weighted by molar-refractivity contribution is 0.00889. The third-order valence-electron chi connectivity index (χ3n) is 27.0. The normalized spacial score (nSPS) is 25.2. The van der Waals surface area contributed by atoms with Crippen molar-refractivity contribution in [3.8, 4) is 57.5 Å². The number of aromatic carboxylic acids is 2. The topological polar surface area (TPSA) is 222 Å². The number of carboxylic acid groups (broad SMARTS) is 2. The molecule has 5 aliphatic carbocycles. The van der Waals surface area contributed by atoms with Crippen molar-refractivity contribution in [2.45, 2.75) is 344 Å². The van der Waals surface area contributed by atoms with E-state index in [0.29, 0.717) is 81.6 Å². The maximum absolute atomic E-state index is 12.1. The number of rotatable bonds is 15. The molecule has 0 amide bonds. The molecule has 5 aliphatic heterocycles. The number of phenols is 5. The zero-order chi connectivity index (χ0) is 83.0. The molecule has 5 heterocycles. The molecule has 10 aliphatic rings. The van der Waals surface area contributed by atoms with Crippen LogP contribution >= 0.6 is 0 Å². The molecule has 114 heavy (non-hydrogen) atoms. The maximum Gasteiger partial charge on any atom is 0.339 e. The van der Waals surface area contributed by atoms with Crippen molar-refractivity contribution in [3.05, 3.63) is 174 Å². The number of ether oxygens (including phenoxy) is 5. The Morgan fingerprint density at radius 3 is 1.03 bits per heavy atom. The van der Waals surface area contributed by atoms with Crippen LogP contribution in [0.4, 0.5) is 0 Å². The first-order valence-electron chi connectivity index (χ1n) is 43.3. The van der Waals surface area contributed by atoms with E-state index in [2.05, 4.69) is 160 Å². The average Bonchev–Trinajstić information content (AvgIpc) is 0.755.